The lowest BCUT2D eigenvalue weighted by molar-refractivity contribution is -0.139. The highest BCUT2D eigenvalue weighted by molar-refractivity contribution is 5.73. The number of benzene rings is 6. The average molecular weight is 687 g/mol. The molecule has 0 unspecified atom stereocenters. The molecule has 6 aromatic rings. The quantitative estimate of drug-likeness (QED) is 0.181. The van der Waals surface area contributed by atoms with E-state index < -0.39 is 52.5 Å². The standard InChI is InChI=1S/C19H10F6O.C18H10F4O/c20-16-7-10(14-5-3-12(26)9-17(14)21)1-4-13(16)11-2-6-15(18(22)8-11)19(23,24)25;19-15-6-2-11(8-18(15)22)13-4-1-10(7-16(13)20)14-5-3-12(23)9-17(14)21/h1-9,26H;1-9,23H. The van der Waals surface area contributed by atoms with E-state index >= 15 is 0 Å². The third kappa shape index (κ3) is 7.69. The van der Waals surface area contributed by atoms with Crippen molar-refractivity contribution in [3.8, 4) is 56.0 Å². The Kier molecular flexibility index (Phi) is 9.70. The highest BCUT2D eigenvalue weighted by Crippen LogP contribution is 2.36. The van der Waals surface area contributed by atoms with Crippen molar-refractivity contribution in [2.45, 2.75) is 6.18 Å². The van der Waals surface area contributed by atoms with Crippen LogP contribution in [0.15, 0.2) is 109 Å². The molecule has 49 heavy (non-hydrogen) atoms. The van der Waals surface area contributed by atoms with Crippen LogP contribution in [-0.2, 0) is 6.18 Å². The smallest absolute Gasteiger partial charge is 0.419 e. The average Bonchev–Trinajstić information content (AvgIpc) is 3.02. The Morgan fingerprint density at radius 1 is 0.327 bits per heavy atom. The van der Waals surface area contributed by atoms with Crippen molar-refractivity contribution in [2.75, 3.05) is 0 Å². The van der Waals surface area contributed by atoms with Gasteiger partial charge in [-0.05, 0) is 82.9 Å². The van der Waals surface area contributed by atoms with Gasteiger partial charge in [0.15, 0.2) is 11.6 Å². The number of alkyl halides is 3. The fourth-order valence-corrected chi connectivity index (χ4v) is 4.89. The molecule has 0 saturated carbocycles. The molecule has 0 radical (unpaired) electrons. The summed E-state index contributed by atoms with van der Waals surface area (Å²) in [6, 6.07) is 19.6. The fourth-order valence-electron chi connectivity index (χ4n) is 4.89. The lowest BCUT2D eigenvalue weighted by Crippen LogP contribution is -2.07. The minimum atomic E-state index is -4.85. The molecular weight excluding hydrogens is 666 g/mol. The van der Waals surface area contributed by atoms with Crippen LogP contribution in [0.3, 0.4) is 0 Å². The molecule has 0 aliphatic rings. The van der Waals surface area contributed by atoms with Gasteiger partial charge in [0.2, 0.25) is 0 Å². The van der Waals surface area contributed by atoms with E-state index in [9.17, 15) is 54.1 Å². The number of aromatic hydroxyl groups is 2. The Labute approximate surface area is 271 Å². The summed E-state index contributed by atoms with van der Waals surface area (Å²) >= 11 is 0. The first kappa shape index (κ1) is 34.6. The topological polar surface area (TPSA) is 40.5 Å². The van der Waals surface area contributed by atoms with E-state index in [-0.39, 0.29) is 56.0 Å². The maximum atomic E-state index is 14.4. The van der Waals surface area contributed by atoms with Gasteiger partial charge in [-0.3, -0.25) is 0 Å². The van der Waals surface area contributed by atoms with Gasteiger partial charge < -0.3 is 10.2 Å². The Morgan fingerprint density at radius 3 is 1.00 bits per heavy atom. The second-order valence-corrected chi connectivity index (χ2v) is 10.5. The van der Waals surface area contributed by atoms with Crippen molar-refractivity contribution in [3.63, 3.8) is 0 Å². The van der Waals surface area contributed by atoms with Gasteiger partial charge in [-0.2, -0.15) is 13.2 Å². The summed E-state index contributed by atoms with van der Waals surface area (Å²) in [6.07, 6.45) is -4.85. The van der Waals surface area contributed by atoms with Crippen molar-refractivity contribution in [1.29, 1.82) is 0 Å². The number of hydrogen-bond donors (Lipinski definition) is 2. The highest BCUT2D eigenvalue weighted by atomic mass is 19.4. The highest BCUT2D eigenvalue weighted by Gasteiger charge is 2.34. The fraction of sp³-hybridized carbons (Fsp3) is 0.0270. The molecule has 0 bridgehead atoms. The SMILES string of the molecule is Oc1ccc(-c2ccc(-c3ccc(C(F)(F)F)c(F)c3)c(F)c2)c(F)c1.Oc1ccc(-c2ccc(-c3ccc(F)c(F)c3)c(F)c2)c(F)c1. The normalized spacial score (nSPS) is 11.2. The van der Waals surface area contributed by atoms with Gasteiger partial charge in [0.25, 0.3) is 0 Å². The summed E-state index contributed by atoms with van der Waals surface area (Å²) < 4.78 is 134. The monoisotopic (exact) mass is 686 g/mol. The Hall–Kier alpha value is -5.78. The number of halogens is 10. The number of hydrogen-bond acceptors (Lipinski definition) is 2. The van der Waals surface area contributed by atoms with Crippen molar-refractivity contribution < 1.29 is 54.1 Å². The van der Waals surface area contributed by atoms with Crippen LogP contribution in [0.4, 0.5) is 43.9 Å². The Bertz CT molecular complexity index is 2180. The second kappa shape index (κ2) is 13.8. The zero-order valence-corrected chi connectivity index (χ0v) is 24.6. The largest absolute Gasteiger partial charge is 0.508 e. The third-order valence-corrected chi connectivity index (χ3v) is 7.28. The predicted molar refractivity (Wildman–Crippen MR) is 163 cm³/mol. The third-order valence-electron chi connectivity index (χ3n) is 7.28. The lowest BCUT2D eigenvalue weighted by atomic mass is 9.98. The molecule has 250 valence electrons. The first-order valence-corrected chi connectivity index (χ1v) is 14.0. The Balaban J connectivity index is 0.000000192. The van der Waals surface area contributed by atoms with Crippen molar-refractivity contribution >= 4 is 0 Å². The van der Waals surface area contributed by atoms with Crippen LogP contribution in [0.1, 0.15) is 5.56 Å². The summed E-state index contributed by atoms with van der Waals surface area (Å²) in [5.41, 5.74) is -0.797. The minimum absolute atomic E-state index is 0.0341. The van der Waals surface area contributed by atoms with E-state index in [1.54, 1.807) is 0 Å². The van der Waals surface area contributed by atoms with E-state index in [4.69, 9.17) is 0 Å². The summed E-state index contributed by atoms with van der Waals surface area (Å²) in [6.45, 7) is 0. The molecule has 0 aliphatic carbocycles. The molecular formula is C37H20F10O2. The van der Waals surface area contributed by atoms with Gasteiger partial charge in [0.1, 0.15) is 40.6 Å². The zero-order chi connectivity index (χ0) is 35.6. The van der Waals surface area contributed by atoms with Gasteiger partial charge >= 0.3 is 6.18 Å². The molecule has 0 aliphatic heterocycles. The molecule has 6 rings (SSSR count). The van der Waals surface area contributed by atoms with Crippen LogP contribution < -0.4 is 0 Å². The first-order valence-electron chi connectivity index (χ1n) is 14.0. The lowest BCUT2D eigenvalue weighted by Gasteiger charge is -2.11. The first-order chi connectivity index (χ1) is 23.1. The van der Waals surface area contributed by atoms with Crippen LogP contribution in [0, 0.1) is 40.7 Å². The summed E-state index contributed by atoms with van der Waals surface area (Å²) in [7, 11) is 0. The molecule has 2 N–H and O–H groups in total. The van der Waals surface area contributed by atoms with Gasteiger partial charge in [0, 0.05) is 34.4 Å². The van der Waals surface area contributed by atoms with Gasteiger partial charge in [-0.1, -0.05) is 36.4 Å². The Morgan fingerprint density at radius 2 is 0.653 bits per heavy atom. The molecule has 0 atom stereocenters. The molecule has 0 amide bonds. The second-order valence-electron chi connectivity index (χ2n) is 10.5. The molecule has 2 nitrogen and oxygen atoms in total. The summed E-state index contributed by atoms with van der Waals surface area (Å²) in [4.78, 5) is 0. The van der Waals surface area contributed by atoms with E-state index in [2.05, 4.69) is 0 Å². The number of phenolic OH excluding ortho intramolecular Hbond substituents is 2. The van der Waals surface area contributed by atoms with Crippen LogP contribution in [0.25, 0.3) is 44.5 Å². The molecule has 0 spiro atoms. The molecule has 0 heterocycles. The minimum Gasteiger partial charge on any atom is -0.508 e. The van der Waals surface area contributed by atoms with Crippen LogP contribution in [-0.4, -0.2) is 10.2 Å². The predicted octanol–water partition coefficient (Wildman–Crippen LogP) is 11.4. The maximum absolute atomic E-state index is 14.4. The van der Waals surface area contributed by atoms with Crippen molar-refractivity contribution in [3.05, 3.63) is 155 Å². The van der Waals surface area contributed by atoms with Crippen molar-refractivity contribution in [1.82, 2.24) is 0 Å². The molecule has 12 heteroatoms. The summed E-state index contributed by atoms with van der Waals surface area (Å²) in [5, 5.41) is 18.4. The van der Waals surface area contributed by atoms with E-state index in [1.807, 2.05) is 0 Å². The molecule has 6 aromatic carbocycles. The van der Waals surface area contributed by atoms with Gasteiger partial charge in [-0.25, -0.2) is 30.7 Å². The van der Waals surface area contributed by atoms with Crippen molar-refractivity contribution in [2.24, 2.45) is 0 Å². The van der Waals surface area contributed by atoms with Gasteiger partial charge in [0.05, 0.1) is 5.56 Å². The summed E-state index contributed by atoms with van der Waals surface area (Å²) in [5.74, 6) is -7.12. The maximum Gasteiger partial charge on any atom is 0.419 e. The van der Waals surface area contributed by atoms with E-state index in [1.165, 1.54) is 54.6 Å². The van der Waals surface area contributed by atoms with Crippen LogP contribution >= 0.6 is 0 Å². The zero-order valence-electron chi connectivity index (χ0n) is 24.6. The van der Waals surface area contributed by atoms with Crippen LogP contribution in [0.5, 0.6) is 11.5 Å². The molecule has 0 fully saturated rings. The number of phenols is 2. The van der Waals surface area contributed by atoms with E-state index in [0.29, 0.717) is 12.1 Å². The molecule has 0 aromatic heterocycles. The van der Waals surface area contributed by atoms with E-state index in [0.717, 1.165) is 42.5 Å². The van der Waals surface area contributed by atoms with Crippen LogP contribution in [0.2, 0.25) is 0 Å². The molecule has 0 saturated heterocycles. The number of rotatable bonds is 4. The van der Waals surface area contributed by atoms with Gasteiger partial charge in [-0.15, -0.1) is 0 Å².